The Morgan fingerprint density at radius 3 is 2.88 bits per heavy atom. The molecule has 1 aromatic heterocycles. The van der Waals surface area contributed by atoms with Gasteiger partial charge in [0.05, 0.1) is 30.7 Å². The third-order valence-corrected chi connectivity index (χ3v) is 6.57. The van der Waals surface area contributed by atoms with Crippen molar-refractivity contribution in [1.82, 2.24) is 0 Å². The maximum Gasteiger partial charge on any atom is 0.347 e. The average Bonchev–Trinajstić information content (AvgIpc) is 3.11. The number of carbonyl (C=O) groups excluding carboxylic acids is 2. The Hall–Kier alpha value is -4.13. The van der Waals surface area contributed by atoms with Crippen molar-refractivity contribution >= 4 is 22.7 Å². The Bertz CT molecular complexity index is 1440. The number of hydrogen-bond acceptors (Lipinski definition) is 10. The molecule has 0 saturated heterocycles. The van der Waals surface area contributed by atoms with Gasteiger partial charge in [0.15, 0.2) is 11.4 Å². The molecule has 1 aliphatic carbocycles. The Morgan fingerprint density at radius 2 is 2.15 bits per heavy atom. The van der Waals surface area contributed by atoms with Crippen molar-refractivity contribution < 1.29 is 33.0 Å². The number of aryl methyl sites for hydroxylation is 1. The van der Waals surface area contributed by atoms with Crippen molar-refractivity contribution in [3.05, 3.63) is 45.5 Å². The summed E-state index contributed by atoms with van der Waals surface area (Å²) in [7, 11) is 1.47. The fourth-order valence-corrected chi connectivity index (χ4v) is 4.93. The van der Waals surface area contributed by atoms with E-state index in [-0.39, 0.29) is 35.5 Å². The Labute approximate surface area is 192 Å². The first-order valence-corrected chi connectivity index (χ1v) is 10.7. The highest BCUT2D eigenvalue weighted by Gasteiger charge is 2.58. The van der Waals surface area contributed by atoms with E-state index in [0.29, 0.717) is 41.5 Å². The van der Waals surface area contributed by atoms with Gasteiger partial charge in [-0.2, -0.15) is 10.2 Å². The van der Waals surface area contributed by atoms with Crippen LogP contribution in [0.3, 0.4) is 0 Å². The van der Waals surface area contributed by atoms with Crippen LogP contribution < -0.4 is 15.1 Å². The van der Waals surface area contributed by atoms with Gasteiger partial charge in [0, 0.05) is 31.4 Å². The van der Waals surface area contributed by atoms with E-state index in [1.54, 1.807) is 12.1 Å². The number of rotatable bonds is 6. The van der Waals surface area contributed by atoms with Crippen LogP contribution in [0.2, 0.25) is 0 Å². The summed E-state index contributed by atoms with van der Waals surface area (Å²) in [5.41, 5.74) is -2.12. The summed E-state index contributed by atoms with van der Waals surface area (Å²) < 4.78 is 28.7. The normalized spacial score (nSPS) is 24.1. The lowest BCUT2D eigenvalue weighted by atomic mass is 9.91. The third-order valence-electron chi connectivity index (χ3n) is 6.57. The van der Waals surface area contributed by atoms with E-state index in [2.05, 4.69) is 16.1 Å². The minimum atomic E-state index is -1.51. The number of nitrogens with zero attached hydrogens (tertiary/aromatic N) is 2. The minimum absolute atomic E-state index is 0.0258. The van der Waals surface area contributed by atoms with E-state index in [1.165, 1.54) is 13.4 Å². The van der Waals surface area contributed by atoms with Gasteiger partial charge in [-0.1, -0.05) is 0 Å². The van der Waals surface area contributed by atoms with Gasteiger partial charge in [0.1, 0.15) is 17.1 Å². The van der Waals surface area contributed by atoms with Crippen molar-refractivity contribution in [2.24, 2.45) is 10.2 Å². The van der Waals surface area contributed by atoms with E-state index in [4.69, 9.17) is 29.8 Å². The molecule has 3 aliphatic heterocycles. The summed E-state index contributed by atoms with van der Waals surface area (Å²) in [6.45, 7) is 0. The molecule has 0 spiro atoms. The monoisotopic (exact) mass is 462 g/mol. The number of fused-ring (bicyclic) bond motifs is 7. The fourth-order valence-electron chi connectivity index (χ4n) is 4.93. The number of esters is 1. The highest BCUT2D eigenvalue weighted by atomic mass is 16.7. The van der Waals surface area contributed by atoms with Crippen LogP contribution in [0.25, 0.3) is 11.0 Å². The molecule has 0 N–H and O–H groups in total. The number of terminal acetylenes is 1. The van der Waals surface area contributed by atoms with Crippen molar-refractivity contribution in [3.8, 4) is 23.8 Å². The minimum Gasteiger partial charge on any atom is -0.496 e. The molecule has 1 aromatic carbocycles. The van der Waals surface area contributed by atoms with Crippen LogP contribution in [0.5, 0.6) is 11.5 Å². The largest absolute Gasteiger partial charge is 0.496 e. The molecule has 4 aliphatic rings. The van der Waals surface area contributed by atoms with Crippen molar-refractivity contribution in [3.63, 3.8) is 0 Å². The molecule has 10 heteroatoms. The van der Waals surface area contributed by atoms with E-state index in [1.807, 2.05) is 0 Å². The van der Waals surface area contributed by atoms with Gasteiger partial charge in [-0.05, 0) is 12.0 Å². The van der Waals surface area contributed by atoms with E-state index in [0.717, 1.165) is 0 Å². The molecule has 0 amide bonds. The van der Waals surface area contributed by atoms with Crippen molar-refractivity contribution in [1.29, 1.82) is 0 Å². The molecule has 0 saturated carbocycles. The highest BCUT2D eigenvalue weighted by Crippen LogP contribution is 2.54. The Balaban J connectivity index is 1.48. The number of ketones is 1. The van der Waals surface area contributed by atoms with Crippen LogP contribution in [0.4, 0.5) is 0 Å². The van der Waals surface area contributed by atoms with Gasteiger partial charge in [-0.15, -0.1) is 12.3 Å². The summed E-state index contributed by atoms with van der Waals surface area (Å²) in [5.74, 6) is 2.30. The molecule has 0 bridgehead atoms. The molecule has 2 unspecified atom stereocenters. The highest BCUT2D eigenvalue weighted by molar-refractivity contribution is 6.06. The van der Waals surface area contributed by atoms with Crippen LogP contribution in [0.15, 0.2) is 37.8 Å². The number of hydrogen-bond donors (Lipinski definition) is 0. The third kappa shape index (κ3) is 2.73. The summed E-state index contributed by atoms with van der Waals surface area (Å²) in [4.78, 5) is 38.1. The average molecular weight is 462 g/mol. The molecular weight excluding hydrogens is 444 g/mol. The molecule has 2 aromatic rings. The molecule has 0 radical (unpaired) electrons. The quantitative estimate of drug-likeness (QED) is 0.364. The predicted molar refractivity (Wildman–Crippen MR) is 114 cm³/mol. The molecular formula is C24H18N2O8. The van der Waals surface area contributed by atoms with Crippen LogP contribution in [0, 0.1) is 12.3 Å². The van der Waals surface area contributed by atoms with E-state index < -0.39 is 29.1 Å². The summed E-state index contributed by atoms with van der Waals surface area (Å²) >= 11 is 0. The number of benzene rings is 1. The number of methoxy groups -OCH3 is 1. The topological polar surface area (TPSA) is 126 Å². The maximum absolute atomic E-state index is 13.0. The zero-order valence-corrected chi connectivity index (χ0v) is 18.1. The molecule has 6 rings (SSSR count). The number of carbonyl (C=O) groups is 2. The van der Waals surface area contributed by atoms with Gasteiger partial charge < -0.3 is 23.4 Å². The molecule has 4 heterocycles. The molecule has 10 nitrogen and oxygen atoms in total. The second-order valence-corrected chi connectivity index (χ2v) is 8.54. The van der Waals surface area contributed by atoms with Crippen LogP contribution in [-0.4, -0.2) is 30.8 Å². The SMILES string of the molecule is C#CCCC1(CC(=O)OC23C=COC2Oc2cc(OC)c4c5c(c(=O)oc4c23)C(=O)CC5)N=N1. The summed E-state index contributed by atoms with van der Waals surface area (Å²) in [6, 6.07) is 1.62. The lowest BCUT2D eigenvalue weighted by molar-refractivity contribution is -0.177. The van der Waals surface area contributed by atoms with Crippen molar-refractivity contribution in [2.75, 3.05) is 7.11 Å². The number of ether oxygens (including phenoxy) is 4. The zero-order chi connectivity index (χ0) is 23.7. The maximum atomic E-state index is 13.0. The predicted octanol–water partition coefficient (Wildman–Crippen LogP) is 2.90. The van der Waals surface area contributed by atoms with E-state index in [9.17, 15) is 14.4 Å². The summed E-state index contributed by atoms with van der Waals surface area (Å²) in [6.07, 6.45) is 8.53. The fraction of sp³-hybridized carbons (Fsp3) is 0.375. The molecule has 172 valence electrons. The lowest BCUT2D eigenvalue weighted by Gasteiger charge is -2.26. The Kier molecular flexibility index (Phi) is 4.18. The first-order chi connectivity index (χ1) is 16.4. The van der Waals surface area contributed by atoms with Crippen molar-refractivity contribution in [2.45, 2.75) is 49.7 Å². The van der Waals surface area contributed by atoms with Crippen LogP contribution in [0.1, 0.15) is 47.2 Å². The second kappa shape index (κ2) is 6.93. The van der Waals surface area contributed by atoms with Gasteiger partial charge in [0.2, 0.25) is 11.3 Å². The van der Waals surface area contributed by atoms with Gasteiger partial charge in [-0.3, -0.25) is 9.59 Å². The molecule has 0 fully saturated rings. The summed E-state index contributed by atoms with van der Waals surface area (Å²) in [5, 5.41) is 8.44. The smallest absolute Gasteiger partial charge is 0.347 e. The Morgan fingerprint density at radius 1 is 1.32 bits per heavy atom. The van der Waals surface area contributed by atoms with Gasteiger partial charge >= 0.3 is 11.6 Å². The van der Waals surface area contributed by atoms with E-state index >= 15 is 0 Å². The van der Waals surface area contributed by atoms with Gasteiger partial charge in [-0.25, -0.2) is 4.79 Å². The standard InChI is InChI=1S/C24H18N2O8/c1-3-4-7-23(25-26-23)11-16(28)34-24-8-9-31-22(24)32-15-10-14(30-2)18-12-5-6-13(27)17(12)21(29)33-20(18)19(15)24/h1,8-10,22H,4-7,11H2,2H3. The first-order valence-electron chi connectivity index (χ1n) is 10.7. The number of Topliss-reactive ketones (excluding diaryl/α,β-unsaturated/α-hetero) is 1. The molecule has 2 atom stereocenters. The van der Waals surface area contributed by atoms with Gasteiger partial charge in [0.25, 0.3) is 6.29 Å². The lowest BCUT2D eigenvalue weighted by Crippen LogP contribution is -2.39. The zero-order valence-electron chi connectivity index (χ0n) is 18.1. The first kappa shape index (κ1) is 20.5. The van der Waals surface area contributed by atoms with Crippen LogP contribution >= 0.6 is 0 Å². The molecule has 34 heavy (non-hydrogen) atoms. The second-order valence-electron chi connectivity index (χ2n) is 8.54. The van der Waals surface area contributed by atoms with Crippen LogP contribution in [-0.2, 0) is 26.3 Å².